The van der Waals surface area contributed by atoms with Gasteiger partial charge in [0.1, 0.15) is 0 Å². The van der Waals surface area contributed by atoms with Crippen molar-refractivity contribution in [3.8, 4) is 11.3 Å². The standard InChI is InChI=1S/C19H23N3O3S/c1-2-25-18(24)15-9-6-10-22(11-15)12-17(23)21-19-20-16(13-26-19)14-7-4-3-5-8-14/h3-5,7-8,13,15H,2,6,9-12H2,1H3,(H,20,21,23)/t15-/m1/s1. The molecule has 0 spiro atoms. The Morgan fingerprint density at radius 1 is 1.35 bits per heavy atom. The molecular weight excluding hydrogens is 350 g/mol. The molecule has 2 heterocycles. The molecule has 1 atom stereocenters. The van der Waals surface area contributed by atoms with Crippen LogP contribution in [-0.4, -0.2) is 48.0 Å². The van der Waals surface area contributed by atoms with E-state index < -0.39 is 0 Å². The van der Waals surface area contributed by atoms with E-state index in [2.05, 4.69) is 10.3 Å². The smallest absolute Gasteiger partial charge is 0.310 e. The molecule has 26 heavy (non-hydrogen) atoms. The van der Waals surface area contributed by atoms with E-state index in [0.29, 0.717) is 18.3 Å². The summed E-state index contributed by atoms with van der Waals surface area (Å²) < 4.78 is 5.10. The van der Waals surface area contributed by atoms with Gasteiger partial charge in [-0.1, -0.05) is 30.3 Å². The summed E-state index contributed by atoms with van der Waals surface area (Å²) in [4.78, 5) is 30.7. The Morgan fingerprint density at radius 3 is 2.92 bits per heavy atom. The van der Waals surface area contributed by atoms with Crippen molar-refractivity contribution < 1.29 is 14.3 Å². The summed E-state index contributed by atoms with van der Waals surface area (Å²) in [6.45, 7) is 3.85. The van der Waals surface area contributed by atoms with E-state index in [9.17, 15) is 9.59 Å². The molecule has 1 amide bonds. The van der Waals surface area contributed by atoms with Gasteiger partial charge < -0.3 is 10.1 Å². The zero-order valence-corrected chi connectivity index (χ0v) is 15.6. The van der Waals surface area contributed by atoms with Crippen LogP contribution < -0.4 is 5.32 Å². The predicted octanol–water partition coefficient (Wildman–Crippen LogP) is 3.02. The van der Waals surface area contributed by atoms with Crippen molar-refractivity contribution in [2.45, 2.75) is 19.8 Å². The van der Waals surface area contributed by atoms with Crippen LogP contribution in [0.25, 0.3) is 11.3 Å². The minimum atomic E-state index is -0.162. The first-order chi connectivity index (χ1) is 12.7. The zero-order chi connectivity index (χ0) is 18.4. The maximum atomic E-state index is 12.3. The van der Waals surface area contributed by atoms with Crippen LogP contribution >= 0.6 is 11.3 Å². The fourth-order valence-corrected chi connectivity index (χ4v) is 3.82. The number of benzene rings is 1. The summed E-state index contributed by atoms with van der Waals surface area (Å²) >= 11 is 1.41. The number of thiazole rings is 1. The first-order valence-electron chi connectivity index (χ1n) is 8.85. The second-order valence-electron chi connectivity index (χ2n) is 6.28. The highest BCUT2D eigenvalue weighted by atomic mass is 32.1. The summed E-state index contributed by atoms with van der Waals surface area (Å²) in [5.74, 6) is -0.408. The van der Waals surface area contributed by atoms with Gasteiger partial charge in [-0.05, 0) is 26.3 Å². The second kappa shape index (κ2) is 8.91. The van der Waals surface area contributed by atoms with Crippen molar-refractivity contribution in [1.29, 1.82) is 0 Å². The maximum absolute atomic E-state index is 12.3. The fourth-order valence-electron chi connectivity index (χ4n) is 3.09. The maximum Gasteiger partial charge on any atom is 0.310 e. The van der Waals surface area contributed by atoms with Gasteiger partial charge in [0.15, 0.2) is 5.13 Å². The van der Waals surface area contributed by atoms with Crippen molar-refractivity contribution in [1.82, 2.24) is 9.88 Å². The number of rotatable bonds is 6. The number of hydrogen-bond acceptors (Lipinski definition) is 6. The number of likely N-dealkylation sites (tertiary alicyclic amines) is 1. The van der Waals surface area contributed by atoms with Crippen LogP contribution in [0, 0.1) is 5.92 Å². The first kappa shape index (κ1) is 18.5. The summed E-state index contributed by atoms with van der Waals surface area (Å²) in [5, 5.41) is 5.38. The predicted molar refractivity (Wildman–Crippen MR) is 102 cm³/mol. The zero-order valence-electron chi connectivity index (χ0n) is 14.8. The van der Waals surface area contributed by atoms with E-state index in [1.165, 1.54) is 11.3 Å². The molecule has 0 bridgehead atoms. The molecule has 0 aliphatic carbocycles. The van der Waals surface area contributed by atoms with Crippen molar-refractivity contribution in [2.24, 2.45) is 5.92 Å². The van der Waals surface area contributed by atoms with Gasteiger partial charge in [-0.3, -0.25) is 14.5 Å². The van der Waals surface area contributed by atoms with Crippen LogP contribution in [0.4, 0.5) is 5.13 Å². The molecule has 0 radical (unpaired) electrons. The van der Waals surface area contributed by atoms with Crippen LogP contribution in [0.5, 0.6) is 0 Å². The molecule has 3 rings (SSSR count). The topological polar surface area (TPSA) is 71.5 Å². The molecule has 2 aromatic rings. The van der Waals surface area contributed by atoms with Crippen molar-refractivity contribution >= 4 is 28.3 Å². The lowest BCUT2D eigenvalue weighted by atomic mass is 9.98. The van der Waals surface area contributed by atoms with Crippen LogP contribution in [0.15, 0.2) is 35.7 Å². The first-order valence-corrected chi connectivity index (χ1v) is 9.73. The third-order valence-electron chi connectivity index (χ3n) is 4.31. The number of amides is 1. The van der Waals surface area contributed by atoms with Crippen molar-refractivity contribution in [3.63, 3.8) is 0 Å². The van der Waals surface area contributed by atoms with Gasteiger partial charge in [0.05, 0.1) is 24.8 Å². The average molecular weight is 373 g/mol. The highest BCUT2D eigenvalue weighted by Gasteiger charge is 2.27. The van der Waals surface area contributed by atoms with Gasteiger partial charge in [0.2, 0.25) is 5.91 Å². The lowest BCUT2D eigenvalue weighted by Crippen LogP contribution is -2.43. The molecule has 1 N–H and O–H groups in total. The Hall–Kier alpha value is -2.25. The van der Waals surface area contributed by atoms with Gasteiger partial charge in [-0.2, -0.15) is 0 Å². The Bertz CT molecular complexity index is 747. The van der Waals surface area contributed by atoms with Crippen LogP contribution in [-0.2, 0) is 14.3 Å². The number of nitrogens with one attached hydrogen (secondary N) is 1. The Labute approximate surface area is 157 Å². The highest BCUT2D eigenvalue weighted by molar-refractivity contribution is 7.14. The number of aromatic nitrogens is 1. The summed E-state index contributed by atoms with van der Waals surface area (Å²) in [6, 6.07) is 9.86. The Kier molecular flexibility index (Phi) is 6.35. The quantitative estimate of drug-likeness (QED) is 0.788. The van der Waals surface area contributed by atoms with Gasteiger partial charge >= 0.3 is 5.97 Å². The number of ether oxygens (including phenoxy) is 1. The van der Waals surface area contributed by atoms with E-state index in [1.807, 2.05) is 47.5 Å². The molecule has 1 aromatic heterocycles. The summed E-state index contributed by atoms with van der Waals surface area (Å²) in [6.07, 6.45) is 1.72. The number of nitrogens with zero attached hydrogens (tertiary/aromatic N) is 2. The molecule has 1 aliphatic rings. The molecule has 138 valence electrons. The van der Waals surface area contributed by atoms with E-state index in [1.54, 1.807) is 0 Å². The number of hydrogen-bond donors (Lipinski definition) is 1. The molecule has 1 fully saturated rings. The number of carbonyl (C=O) groups is 2. The van der Waals surface area contributed by atoms with Crippen LogP contribution in [0.1, 0.15) is 19.8 Å². The summed E-state index contributed by atoms with van der Waals surface area (Å²) in [7, 11) is 0. The van der Waals surface area contributed by atoms with Gasteiger partial charge in [0.25, 0.3) is 0 Å². The second-order valence-corrected chi connectivity index (χ2v) is 7.14. The van der Waals surface area contributed by atoms with E-state index in [-0.39, 0.29) is 24.3 Å². The number of carbonyl (C=O) groups excluding carboxylic acids is 2. The van der Waals surface area contributed by atoms with Gasteiger partial charge in [-0.25, -0.2) is 4.98 Å². The highest BCUT2D eigenvalue weighted by Crippen LogP contribution is 2.24. The summed E-state index contributed by atoms with van der Waals surface area (Å²) in [5.41, 5.74) is 1.88. The monoisotopic (exact) mass is 373 g/mol. The molecule has 7 heteroatoms. The van der Waals surface area contributed by atoms with Crippen LogP contribution in [0.2, 0.25) is 0 Å². The third-order valence-corrected chi connectivity index (χ3v) is 5.07. The van der Waals surface area contributed by atoms with Gasteiger partial charge in [0, 0.05) is 17.5 Å². The molecule has 0 unspecified atom stereocenters. The van der Waals surface area contributed by atoms with Crippen LogP contribution in [0.3, 0.4) is 0 Å². The molecule has 1 aromatic carbocycles. The Balaban J connectivity index is 1.53. The number of anilines is 1. The van der Waals surface area contributed by atoms with Crippen molar-refractivity contribution in [3.05, 3.63) is 35.7 Å². The van der Waals surface area contributed by atoms with E-state index >= 15 is 0 Å². The SMILES string of the molecule is CCOC(=O)[C@@H]1CCCN(CC(=O)Nc2nc(-c3ccccc3)cs2)C1. The van der Waals surface area contributed by atoms with E-state index in [4.69, 9.17) is 4.74 Å². The molecule has 1 saturated heterocycles. The largest absolute Gasteiger partial charge is 0.466 e. The normalized spacial score (nSPS) is 17.7. The molecule has 0 saturated carbocycles. The number of esters is 1. The Morgan fingerprint density at radius 2 is 2.15 bits per heavy atom. The van der Waals surface area contributed by atoms with E-state index in [0.717, 1.165) is 30.6 Å². The lowest BCUT2D eigenvalue weighted by Gasteiger charge is -2.30. The molecule has 6 nitrogen and oxygen atoms in total. The van der Waals surface area contributed by atoms with Gasteiger partial charge in [-0.15, -0.1) is 11.3 Å². The minimum absolute atomic E-state index is 0.108. The third kappa shape index (κ3) is 4.89. The lowest BCUT2D eigenvalue weighted by molar-refractivity contribution is -0.150. The fraction of sp³-hybridized carbons (Fsp3) is 0.421. The number of piperidine rings is 1. The molecule has 1 aliphatic heterocycles. The molecular formula is C19H23N3O3S. The van der Waals surface area contributed by atoms with Crippen molar-refractivity contribution in [2.75, 3.05) is 31.6 Å². The average Bonchev–Trinajstić information content (AvgIpc) is 3.11. The minimum Gasteiger partial charge on any atom is -0.466 e.